The van der Waals surface area contributed by atoms with Crippen LogP contribution >= 0.6 is 15.9 Å². The van der Waals surface area contributed by atoms with Gasteiger partial charge in [0.05, 0.1) is 36.6 Å². The number of non-ortho nitro benzene ring substituents is 1. The van der Waals surface area contributed by atoms with Gasteiger partial charge in [-0.2, -0.15) is 0 Å². The molecule has 4 aromatic rings. The van der Waals surface area contributed by atoms with Crippen molar-refractivity contribution in [1.29, 1.82) is 0 Å². The quantitative estimate of drug-likeness (QED) is 0.196. The van der Waals surface area contributed by atoms with Crippen molar-refractivity contribution in [2.75, 3.05) is 6.61 Å². The molecule has 174 valence electrons. The van der Waals surface area contributed by atoms with E-state index in [1.54, 1.807) is 36.4 Å². The summed E-state index contributed by atoms with van der Waals surface area (Å²) in [5.41, 5.74) is 0.0356. The smallest absolute Gasteiger partial charge is 0.333 e. The molecular weight excluding hydrogens is 511 g/mol. The van der Waals surface area contributed by atoms with E-state index < -0.39 is 22.0 Å². The molecule has 4 rings (SSSR count). The lowest BCUT2D eigenvalue weighted by Crippen LogP contribution is -2.41. The van der Waals surface area contributed by atoms with E-state index in [1.807, 2.05) is 0 Å². The molecule has 0 amide bonds. The molecule has 0 radical (unpaired) electrons. The Labute approximate surface area is 200 Å². The van der Waals surface area contributed by atoms with Crippen LogP contribution in [0, 0.1) is 15.9 Å². The molecule has 0 spiro atoms. The van der Waals surface area contributed by atoms with E-state index in [1.165, 1.54) is 29.0 Å². The minimum absolute atomic E-state index is 0.00789. The number of hydrogen-bond acceptors (Lipinski definition) is 6. The third kappa shape index (κ3) is 4.95. The predicted molar refractivity (Wildman–Crippen MR) is 126 cm³/mol. The molecule has 2 heterocycles. The van der Waals surface area contributed by atoms with E-state index in [2.05, 4.69) is 20.9 Å². The lowest BCUT2D eigenvalue weighted by Gasteiger charge is -2.14. The number of hydrogen-bond donors (Lipinski definition) is 0. The maximum absolute atomic E-state index is 14.0. The molecule has 0 saturated heterocycles. The Morgan fingerprint density at radius 2 is 1.85 bits per heavy atom. The Morgan fingerprint density at radius 3 is 2.56 bits per heavy atom. The fraction of sp³-hybridized carbons (Fsp3) is 0.174. The molecule has 0 bridgehead atoms. The number of fused-ring (bicyclic) bond motifs is 1. The van der Waals surface area contributed by atoms with Crippen LogP contribution in [-0.4, -0.2) is 25.6 Å². The third-order valence-electron chi connectivity index (χ3n) is 5.20. The summed E-state index contributed by atoms with van der Waals surface area (Å²) in [5, 5.41) is 11.2. The highest BCUT2D eigenvalue weighted by Gasteiger charge is 2.15. The number of nitro groups is 1. The highest BCUT2D eigenvalue weighted by molar-refractivity contribution is 9.10. The van der Waals surface area contributed by atoms with Crippen LogP contribution in [0.3, 0.4) is 0 Å². The summed E-state index contributed by atoms with van der Waals surface area (Å²) < 4.78 is 22.5. The van der Waals surface area contributed by atoms with Crippen LogP contribution < -0.4 is 11.2 Å². The summed E-state index contributed by atoms with van der Waals surface area (Å²) in [6, 6.07) is 13.6. The second kappa shape index (κ2) is 10.1. The summed E-state index contributed by atoms with van der Waals surface area (Å²) in [6.45, 7) is 0.0183. The fourth-order valence-corrected chi connectivity index (χ4v) is 3.80. The van der Waals surface area contributed by atoms with Crippen molar-refractivity contribution in [1.82, 2.24) is 14.1 Å². The summed E-state index contributed by atoms with van der Waals surface area (Å²) >= 11 is 3.19. The maximum atomic E-state index is 14.0. The van der Waals surface area contributed by atoms with Gasteiger partial charge in [0.2, 0.25) is 0 Å². The number of ether oxygens (including phenoxy) is 1. The van der Waals surface area contributed by atoms with Crippen molar-refractivity contribution in [2.45, 2.75) is 19.7 Å². The first-order valence-electron chi connectivity index (χ1n) is 10.2. The largest absolute Gasteiger partial charge is 0.375 e. The van der Waals surface area contributed by atoms with Crippen molar-refractivity contribution in [3.63, 3.8) is 0 Å². The first-order chi connectivity index (χ1) is 16.3. The topological polar surface area (TPSA) is 109 Å². The average Bonchev–Trinajstić information content (AvgIpc) is 2.82. The fourth-order valence-electron chi connectivity index (χ4n) is 3.47. The monoisotopic (exact) mass is 528 g/mol. The summed E-state index contributed by atoms with van der Waals surface area (Å²) in [5.74, 6) is -0.422. The molecule has 2 aromatic carbocycles. The number of pyridine rings is 1. The molecule has 0 aliphatic rings. The number of rotatable bonds is 8. The molecule has 0 N–H and O–H groups in total. The summed E-state index contributed by atoms with van der Waals surface area (Å²) in [4.78, 5) is 40.7. The second-order valence-electron chi connectivity index (χ2n) is 7.41. The van der Waals surface area contributed by atoms with Gasteiger partial charge in [-0.25, -0.2) is 14.2 Å². The SMILES string of the molecule is O=c1c2cccnc2n(Cc2ccc([N+](=O)[O-])cc2)c(=O)n1CCOCc1ccc(Br)cc1F. The van der Waals surface area contributed by atoms with Crippen molar-refractivity contribution in [2.24, 2.45) is 0 Å². The molecule has 0 fully saturated rings. The van der Waals surface area contributed by atoms with Gasteiger partial charge in [-0.3, -0.25) is 24.0 Å². The minimum atomic E-state index is -0.590. The van der Waals surface area contributed by atoms with Crippen LogP contribution in [0.25, 0.3) is 11.0 Å². The Morgan fingerprint density at radius 1 is 1.09 bits per heavy atom. The Kier molecular flexibility index (Phi) is 6.94. The van der Waals surface area contributed by atoms with Crippen LogP contribution in [0.1, 0.15) is 11.1 Å². The number of nitrogens with zero attached hydrogens (tertiary/aromatic N) is 4. The van der Waals surface area contributed by atoms with Crippen molar-refractivity contribution < 1.29 is 14.1 Å². The molecule has 2 aromatic heterocycles. The van der Waals surface area contributed by atoms with Crippen LogP contribution in [0.4, 0.5) is 10.1 Å². The van der Waals surface area contributed by atoms with E-state index >= 15 is 0 Å². The molecular formula is C23H18BrFN4O5. The van der Waals surface area contributed by atoms with Gasteiger partial charge in [-0.15, -0.1) is 0 Å². The minimum Gasteiger partial charge on any atom is -0.375 e. The highest BCUT2D eigenvalue weighted by Crippen LogP contribution is 2.16. The summed E-state index contributed by atoms with van der Waals surface area (Å²) in [7, 11) is 0. The van der Waals surface area contributed by atoms with E-state index in [0.717, 1.165) is 4.57 Å². The number of aromatic nitrogens is 3. The Hall–Kier alpha value is -3.70. The van der Waals surface area contributed by atoms with Crippen molar-refractivity contribution >= 4 is 32.7 Å². The molecule has 0 atom stereocenters. The molecule has 0 saturated carbocycles. The van der Waals surface area contributed by atoms with E-state index in [9.17, 15) is 24.1 Å². The first kappa shape index (κ1) is 23.5. The number of benzene rings is 2. The lowest BCUT2D eigenvalue weighted by molar-refractivity contribution is -0.384. The van der Waals surface area contributed by atoms with Crippen molar-refractivity contribution in [3.05, 3.63) is 113 Å². The highest BCUT2D eigenvalue weighted by atomic mass is 79.9. The molecule has 9 nitrogen and oxygen atoms in total. The van der Waals surface area contributed by atoms with Gasteiger partial charge in [0.15, 0.2) is 0 Å². The third-order valence-corrected chi connectivity index (χ3v) is 5.69. The van der Waals surface area contributed by atoms with Gasteiger partial charge in [0, 0.05) is 28.4 Å². The van der Waals surface area contributed by atoms with E-state index in [-0.39, 0.29) is 43.0 Å². The normalized spacial score (nSPS) is 11.1. The average molecular weight is 529 g/mol. The lowest BCUT2D eigenvalue weighted by atomic mass is 10.2. The van der Waals surface area contributed by atoms with Crippen LogP contribution in [-0.2, 0) is 24.4 Å². The number of nitro benzene ring substituents is 1. The summed E-state index contributed by atoms with van der Waals surface area (Å²) in [6.07, 6.45) is 1.48. The zero-order valence-electron chi connectivity index (χ0n) is 17.7. The van der Waals surface area contributed by atoms with Crippen LogP contribution in [0.15, 0.2) is 74.9 Å². The predicted octanol–water partition coefficient (Wildman–Crippen LogP) is 3.63. The maximum Gasteiger partial charge on any atom is 0.333 e. The van der Waals surface area contributed by atoms with Gasteiger partial charge in [0.25, 0.3) is 11.2 Å². The van der Waals surface area contributed by atoms with Gasteiger partial charge in [-0.05, 0) is 29.8 Å². The molecule has 0 unspecified atom stereocenters. The van der Waals surface area contributed by atoms with Gasteiger partial charge >= 0.3 is 5.69 Å². The van der Waals surface area contributed by atoms with Crippen LogP contribution in [0.5, 0.6) is 0 Å². The number of halogens is 2. The Bertz CT molecular complexity index is 1480. The van der Waals surface area contributed by atoms with Gasteiger partial charge < -0.3 is 4.74 Å². The van der Waals surface area contributed by atoms with Gasteiger partial charge in [0.1, 0.15) is 11.5 Å². The van der Waals surface area contributed by atoms with E-state index in [4.69, 9.17) is 4.74 Å². The van der Waals surface area contributed by atoms with E-state index in [0.29, 0.717) is 15.6 Å². The molecule has 11 heteroatoms. The Balaban J connectivity index is 1.60. The van der Waals surface area contributed by atoms with Crippen LogP contribution in [0.2, 0.25) is 0 Å². The standard InChI is InChI=1S/C23H18BrFN4O5/c24-17-6-5-16(20(25)12-17)14-34-11-10-27-22(30)19-2-1-9-26-21(19)28(23(27)31)13-15-3-7-18(8-4-15)29(32)33/h1-9,12H,10-11,13-14H2. The zero-order valence-corrected chi connectivity index (χ0v) is 19.3. The molecule has 34 heavy (non-hydrogen) atoms. The molecule has 0 aliphatic heterocycles. The van der Waals surface area contributed by atoms with Gasteiger partial charge in [-0.1, -0.05) is 34.1 Å². The molecule has 0 aliphatic carbocycles. The second-order valence-corrected chi connectivity index (χ2v) is 8.33. The first-order valence-corrected chi connectivity index (χ1v) is 11.0. The zero-order chi connectivity index (χ0) is 24.2. The van der Waals surface area contributed by atoms with Crippen molar-refractivity contribution in [3.8, 4) is 0 Å².